The summed E-state index contributed by atoms with van der Waals surface area (Å²) < 4.78 is 0. The van der Waals surface area contributed by atoms with Gasteiger partial charge in [-0.15, -0.1) is 11.3 Å². The number of thiazole rings is 1. The predicted molar refractivity (Wildman–Crippen MR) is 80.8 cm³/mol. The van der Waals surface area contributed by atoms with Crippen molar-refractivity contribution in [3.63, 3.8) is 0 Å². The number of urea groups is 1. The minimum atomic E-state index is 0.104. The van der Waals surface area contributed by atoms with Crippen LogP contribution in [0.15, 0.2) is 6.20 Å². The summed E-state index contributed by atoms with van der Waals surface area (Å²) in [6, 6.07) is 0.596. The first kappa shape index (κ1) is 13.9. The van der Waals surface area contributed by atoms with Crippen LogP contribution >= 0.6 is 11.3 Å². The van der Waals surface area contributed by atoms with E-state index in [-0.39, 0.29) is 6.03 Å². The molecule has 2 heterocycles. The Balaban J connectivity index is 1.54. The summed E-state index contributed by atoms with van der Waals surface area (Å²) in [7, 11) is 0. The summed E-state index contributed by atoms with van der Waals surface area (Å²) in [4.78, 5) is 20.0. The third-order valence-corrected chi connectivity index (χ3v) is 5.75. The molecule has 1 aromatic heterocycles. The lowest BCUT2D eigenvalue weighted by Gasteiger charge is -2.31. The number of fused-ring (bicyclic) bond motifs is 1. The Bertz CT molecular complexity index is 473. The van der Waals surface area contributed by atoms with E-state index in [4.69, 9.17) is 0 Å². The van der Waals surface area contributed by atoms with Gasteiger partial charge in [-0.25, -0.2) is 9.78 Å². The molecule has 2 unspecified atom stereocenters. The fourth-order valence-corrected chi connectivity index (χ4v) is 4.31. The van der Waals surface area contributed by atoms with Gasteiger partial charge in [0.1, 0.15) is 5.01 Å². The second kappa shape index (κ2) is 6.12. The SMILES string of the molecule is CCc1cnc(CNC(=O)N2CCC3CCCCC32)s1. The molecule has 1 N–H and O–H groups in total. The second-order valence-corrected chi connectivity index (χ2v) is 7.03. The van der Waals surface area contributed by atoms with Crippen LogP contribution in [0, 0.1) is 5.92 Å². The maximum absolute atomic E-state index is 12.3. The molecular formula is C15H23N3OS. The Hall–Kier alpha value is -1.10. The molecule has 4 nitrogen and oxygen atoms in total. The van der Waals surface area contributed by atoms with Crippen molar-refractivity contribution in [1.29, 1.82) is 0 Å². The fraction of sp³-hybridized carbons (Fsp3) is 0.733. The van der Waals surface area contributed by atoms with E-state index in [0.29, 0.717) is 12.6 Å². The fourth-order valence-electron chi connectivity index (χ4n) is 3.50. The summed E-state index contributed by atoms with van der Waals surface area (Å²) in [5.74, 6) is 0.751. The van der Waals surface area contributed by atoms with E-state index in [9.17, 15) is 4.79 Å². The number of hydrogen-bond acceptors (Lipinski definition) is 3. The third kappa shape index (κ3) is 2.82. The van der Waals surface area contributed by atoms with E-state index >= 15 is 0 Å². The van der Waals surface area contributed by atoms with Gasteiger partial charge in [0.05, 0.1) is 6.54 Å². The monoisotopic (exact) mass is 293 g/mol. The zero-order chi connectivity index (χ0) is 13.9. The van der Waals surface area contributed by atoms with Gasteiger partial charge < -0.3 is 10.2 Å². The van der Waals surface area contributed by atoms with Gasteiger partial charge in [0.2, 0.25) is 0 Å². The van der Waals surface area contributed by atoms with Crippen LogP contribution in [0.2, 0.25) is 0 Å². The van der Waals surface area contributed by atoms with Gasteiger partial charge in [-0.1, -0.05) is 19.8 Å². The molecule has 0 radical (unpaired) electrons. The molecule has 0 spiro atoms. The molecule has 3 rings (SSSR count). The summed E-state index contributed by atoms with van der Waals surface area (Å²) in [5.41, 5.74) is 0. The highest BCUT2D eigenvalue weighted by atomic mass is 32.1. The molecule has 1 saturated heterocycles. The van der Waals surface area contributed by atoms with Crippen molar-refractivity contribution in [1.82, 2.24) is 15.2 Å². The van der Waals surface area contributed by atoms with Crippen LogP contribution in [0.25, 0.3) is 0 Å². The van der Waals surface area contributed by atoms with Crippen LogP contribution in [-0.4, -0.2) is 28.5 Å². The lowest BCUT2D eigenvalue weighted by Crippen LogP contribution is -2.44. The first-order chi connectivity index (χ1) is 9.78. The minimum absolute atomic E-state index is 0.104. The number of nitrogens with zero attached hydrogens (tertiary/aromatic N) is 2. The first-order valence-corrected chi connectivity index (χ1v) is 8.57. The third-order valence-electron chi connectivity index (χ3n) is 4.61. The molecule has 2 atom stereocenters. The molecule has 1 aromatic rings. The Kier molecular flexibility index (Phi) is 4.24. The number of carbonyl (C=O) groups excluding carboxylic acids is 1. The van der Waals surface area contributed by atoms with Crippen molar-refractivity contribution in [2.45, 2.75) is 58.0 Å². The molecule has 5 heteroatoms. The average molecular weight is 293 g/mol. The highest BCUT2D eigenvalue weighted by Gasteiger charge is 2.37. The molecule has 110 valence electrons. The Labute approximate surface area is 124 Å². The van der Waals surface area contributed by atoms with E-state index in [0.717, 1.165) is 23.9 Å². The standard InChI is InChI=1S/C15H23N3OS/c1-2-12-9-16-14(20-12)10-17-15(19)18-8-7-11-5-3-4-6-13(11)18/h9,11,13H,2-8,10H2,1H3,(H,17,19). The van der Waals surface area contributed by atoms with E-state index in [1.807, 2.05) is 6.20 Å². The number of amides is 2. The number of hydrogen-bond donors (Lipinski definition) is 1. The number of nitrogens with one attached hydrogen (secondary N) is 1. The molecule has 2 amide bonds. The van der Waals surface area contributed by atoms with Crippen LogP contribution in [0.3, 0.4) is 0 Å². The van der Waals surface area contributed by atoms with Crippen LogP contribution in [0.4, 0.5) is 4.79 Å². The normalized spacial score (nSPS) is 25.6. The predicted octanol–water partition coefficient (Wildman–Crippen LogP) is 3.18. The summed E-state index contributed by atoms with van der Waals surface area (Å²) in [5, 5.41) is 4.06. The smallest absolute Gasteiger partial charge is 0.318 e. The largest absolute Gasteiger partial charge is 0.331 e. The van der Waals surface area contributed by atoms with Crippen LogP contribution in [0.5, 0.6) is 0 Å². The molecule has 1 saturated carbocycles. The lowest BCUT2D eigenvalue weighted by atomic mass is 9.85. The van der Waals surface area contributed by atoms with Crippen molar-refractivity contribution in [2.75, 3.05) is 6.54 Å². The molecule has 0 aromatic carbocycles. The van der Waals surface area contributed by atoms with Crippen LogP contribution < -0.4 is 5.32 Å². The highest BCUT2D eigenvalue weighted by Crippen LogP contribution is 2.36. The van der Waals surface area contributed by atoms with E-state index in [2.05, 4.69) is 22.1 Å². The van der Waals surface area contributed by atoms with Crippen molar-refractivity contribution >= 4 is 17.4 Å². The highest BCUT2D eigenvalue weighted by molar-refractivity contribution is 7.11. The quantitative estimate of drug-likeness (QED) is 0.930. The molecule has 2 aliphatic rings. The Morgan fingerprint density at radius 2 is 2.30 bits per heavy atom. The van der Waals surface area contributed by atoms with Crippen molar-refractivity contribution < 1.29 is 4.79 Å². The van der Waals surface area contributed by atoms with Gasteiger partial charge in [-0.2, -0.15) is 0 Å². The molecule has 2 fully saturated rings. The summed E-state index contributed by atoms with van der Waals surface area (Å²) >= 11 is 1.70. The van der Waals surface area contributed by atoms with Gasteiger partial charge in [-0.3, -0.25) is 0 Å². The van der Waals surface area contributed by atoms with Gasteiger partial charge in [0.25, 0.3) is 0 Å². The van der Waals surface area contributed by atoms with Crippen LogP contribution in [-0.2, 0) is 13.0 Å². The van der Waals surface area contributed by atoms with Crippen LogP contribution in [0.1, 0.15) is 48.9 Å². The second-order valence-electron chi connectivity index (χ2n) is 5.83. The van der Waals surface area contributed by atoms with Gasteiger partial charge >= 0.3 is 6.03 Å². The number of aryl methyl sites for hydroxylation is 1. The summed E-state index contributed by atoms with van der Waals surface area (Å²) in [6.45, 7) is 3.62. The maximum atomic E-state index is 12.3. The zero-order valence-electron chi connectivity index (χ0n) is 12.1. The zero-order valence-corrected chi connectivity index (χ0v) is 12.9. The maximum Gasteiger partial charge on any atom is 0.318 e. The molecular weight excluding hydrogens is 270 g/mol. The number of aromatic nitrogens is 1. The lowest BCUT2D eigenvalue weighted by molar-refractivity contribution is 0.169. The van der Waals surface area contributed by atoms with Gasteiger partial charge in [0, 0.05) is 23.7 Å². The molecule has 20 heavy (non-hydrogen) atoms. The molecule has 1 aliphatic carbocycles. The number of rotatable bonds is 3. The van der Waals surface area contributed by atoms with E-state index in [1.54, 1.807) is 11.3 Å². The average Bonchev–Trinajstić information content (AvgIpc) is 3.11. The molecule has 1 aliphatic heterocycles. The van der Waals surface area contributed by atoms with Gasteiger partial charge in [0.15, 0.2) is 0 Å². The van der Waals surface area contributed by atoms with Gasteiger partial charge in [-0.05, 0) is 31.6 Å². The number of carbonyl (C=O) groups is 1. The van der Waals surface area contributed by atoms with E-state index in [1.165, 1.54) is 37.0 Å². The number of likely N-dealkylation sites (tertiary alicyclic amines) is 1. The Morgan fingerprint density at radius 1 is 1.45 bits per heavy atom. The minimum Gasteiger partial charge on any atom is -0.331 e. The molecule has 0 bridgehead atoms. The van der Waals surface area contributed by atoms with Crippen molar-refractivity contribution in [3.05, 3.63) is 16.1 Å². The van der Waals surface area contributed by atoms with Crippen molar-refractivity contribution in [2.24, 2.45) is 5.92 Å². The summed E-state index contributed by atoms with van der Waals surface area (Å²) in [6.07, 6.45) is 9.24. The van der Waals surface area contributed by atoms with E-state index < -0.39 is 0 Å². The Morgan fingerprint density at radius 3 is 3.10 bits per heavy atom. The van der Waals surface area contributed by atoms with Crippen molar-refractivity contribution in [3.8, 4) is 0 Å². The first-order valence-electron chi connectivity index (χ1n) is 7.76. The topological polar surface area (TPSA) is 45.2 Å².